The number of oxime groups is 1. The molecule has 3 N–H and O–H groups in total. The first-order valence-corrected chi connectivity index (χ1v) is 24.9. The normalized spacial score (nSPS) is 22.0. The van der Waals surface area contributed by atoms with Crippen molar-refractivity contribution in [3.05, 3.63) is 139 Å². The van der Waals surface area contributed by atoms with E-state index in [2.05, 4.69) is 43.0 Å². The van der Waals surface area contributed by atoms with Gasteiger partial charge in [-0.3, -0.25) is 4.90 Å². The van der Waals surface area contributed by atoms with Crippen molar-refractivity contribution in [3.8, 4) is 28.4 Å². The van der Waals surface area contributed by atoms with Crippen molar-refractivity contribution in [2.45, 2.75) is 95.7 Å². The molecule has 1 heterocycles. The maximum absolute atomic E-state index is 14.8. The lowest BCUT2D eigenvalue weighted by molar-refractivity contribution is -0.256. The zero-order valence-corrected chi connectivity index (χ0v) is 41.1. The van der Waals surface area contributed by atoms with Crippen LogP contribution < -0.4 is 9.47 Å². The third-order valence-corrected chi connectivity index (χ3v) is 13.2. The Balaban J connectivity index is 1.34. The molecule has 0 radical (unpaired) electrons. The monoisotopic (exact) mass is 961 g/mol. The van der Waals surface area contributed by atoms with Crippen LogP contribution in [0, 0.1) is 17.8 Å². The van der Waals surface area contributed by atoms with Crippen molar-refractivity contribution >= 4 is 11.8 Å². The van der Waals surface area contributed by atoms with Crippen LogP contribution in [0.4, 0.5) is 4.79 Å². The van der Waals surface area contributed by atoms with Gasteiger partial charge in [0.1, 0.15) is 35.5 Å². The van der Waals surface area contributed by atoms with Crippen molar-refractivity contribution in [1.82, 2.24) is 4.90 Å². The number of amides is 1. The zero-order valence-electron chi connectivity index (χ0n) is 41.1. The number of fused-ring (bicyclic) bond motifs is 2. The van der Waals surface area contributed by atoms with E-state index in [4.69, 9.17) is 38.4 Å². The first kappa shape index (κ1) is 52.3. The Morgan fingerprint density at radius 1 is 0.814 bits per heavy atom. The van der Waals surface area contributed by atoms with Gasteiger partial charge >= 0.3 is 6.09 Å². The van der Waals surface area contributed by atoms with Gasteiger partial charge in [-0.1, -0.05) is 103 Å². The van der Waals surface area contributed by atoms with Gasteiger partial charge in [-0.25, -0.2) is 4.79 Å². The van der Waals surface area contributed by atoms with E-state index in [1.807, 2.05) is 93.6 Å². The highest BCUT2D eigenvalue weighted by atomic mass is 16.7. The summed E-state index contributed by atoms with van der Waals surface area (Å²) >= 11 is 0. The van der Waals surface area contributed by atoms with E-state index < -0.39 is 29.4 Å². The van der Waals surface area contributed by atoms with Crippen LogP contribution in [0.15, 0.2) is 133 Å². The molecule has 1 amide bonds. The summed E-state index contributed by atoms with van der Waals surface area (Å²) in [5, 5.41) is 34.7. The molecule has 0 unspecified atom stereocenters. The van der Waals surface area contributed by atoms with E-state index in [1.54, 1.807) is 11.0 Å². The van der Waals surface area contributed by atoms with E-state index in [0.29, 0.717) is 42.4 Å². The predicted octanol–water partition coefficient (Wildman–Crippen LogP) is 10.2. The quantitative estimate of drug-likeness (QED) is 0.0313. The van der Waals surface area contributed by atoms with Gasteiger partial charge in [0.15, 0.2) is 0 Å². The highest BCUT2D eigenvalue weighted by Crippen LogP contribution is 2.62. The molecule has 4 aromatic carbocycles. The van der Waals surface area contributed by atoms with Gasteiger partial charge in [-0.15, -0.1) is 6.58 Å². The number of allylic oxidation sites excluding steroid dienone is 1. The lowest BCUT2D eigenvalue weighted by Gasteiger charge is -2.59. The molecule has 7 rings (SSSR count). The van der Waals surface area contributed by atoms with Gasteiger partial charge in [0.05, 0.1) is 51.3 Å². The second-order valence-corrected chi connectivity index (χ2v) is 19.2. The molecule has 70 heavy (non-hydrogen) atoms. The number of hydrogen-bond donors (Lipinski definition) is 3. The standard InChI is InChI=1S/C57H72N2O11/c1-5-32-67-57-52(59(28-33-64-34-31-62)55(63)66-36-35-65-40-41-16-8-6-9-17-41)39-50(58-70-56(2,3)4)48-37-44(20-12-14-29-60)47(21-13-15-30-61)53(54(48)57)49-38-46(26-27-51(49)69-57)68-45-24-22-43(23-25-45)42-18-10-7-11-19-42/h5-11,16-19,22-27,37-38,44,47,52-54,60-62H,1,12-15,20-21,28-36,39-40H2,2-4H3/t44-,47+,52-,53+,54+,57+/m0/s1. The average molecular weight is 961 g/mol. The van der Waals surface area contributed by atoms with Gasteiger partial charge in [0.2, 0.25) is 5.79 Å². The molecule has 0 aromatic heterocycles. The molecule has 376 valence electrons. The molecule has 0 saturated heterocycles. The smallest absolute Gasteiger partial charge is 0.410 e. The van der Waals surface area contributed by atoms with Crippen LogP contribution in [0.25, 0.3) is 11.1 Å². The molecule has 3 aliphatic rings. The van der Waals surface area contributed by atoms with E-state index in [9.17, 15) is 20.1 Å². The van der Waals surface area contributed by atoms with Crippen molar-refractivity contribution < 1.29 is 53.4 Å². The lowest BCUT2D eigenvalue weighted by Crippen LogP contribution is -2.70. The van der Waals surface area contributed by atoms with Gasteiger partial charge < -0.3 is 48.6 Å². The zero-order chi connectivity index (χ0) is 49.4. The molecule has 1 fully saturated rings. The van der Waals surface area contributed by atoms with E-state index >= 15 is 0 Å². The number of carbonyl (C=O) groups is 1. The highest BCUT2D eigenvalue weighted by molar-refractivity contribution is 6.03. The van der Waals surface area contributed by atoms with Crippen LogP contribution in [0.5, 0.6) is 17.2 Å². The Bertz CT molecular complexity index is 2320. The molecular formula is C57H72N2O11. The Labute approximate surface area is 413 Å². The molecule has 13 nitrogen and oxygen atoms in total. The topological polar surface area (TPSA) is 158 Å². The molecule has 0 bridgehead atoms. The van der Waals surface area contributed by atoms with Crippen LogP contribution in [0.1, 0.15) is 82.8 Å². The van der Waals surface area contributed by atoms with E-state index in [-0.39, 0.29) is 83.6 Å². The Hall–Kier alpha value is -5.54. The van der Waals surface area contributed by atoms with E-state index in [1.165, 1.54) is 0 Å². The van der Waals surface area contributed by atoms with Crippen molar-refractivity contribution in [1.29, 1.82) is 0 Å². The Morgan fingerprint density at radius 3 is 2.21 bits per heavy atom. The summed E-state index contributed by atoms with van der Waals surface area (Å²) in [6.07, 6.45) is 8.02. The largest absolute Gasteiger partial charge is 0.459 e. The van der Waals surface area contributed by atoms with Crippen molar-refractivity contribution in [2.75, 3.05) is 59.4 Å². The Morgan fingerprint density at radius 2 is 1.51 bits per heavy atom. The first-order chi connectivity index (χ1) is 34.1. The minimum atomic E-state index is -1.51. The number of hydrogen-bond acceptors (Lipinski definition) is 12. The molecule has 1 aliphatic heterocycles. The summed E-state index contributed by atoms with van der Waals surface area (Å²) in [6, 6.07) is 33.1. The van der Waals surface area contributed by atoms with Crippen LogP contribution >= 0.6 is 0 Å². The van der Waals surface area contributed by atoms with Crippen LogP contribution in [0.3, 0.4) is 0 Å². The summed E-state index contributed by atoms with van der Waals surface area (Å²) < 4.78 is 38.9. The number of unbranched alkanes of at least 4 members (excludes halogenated alkanes) is 2. The molecule has 0 spiro atoms. The third-order valence-electron chi connectivity index (χ3n) is 13.2. The summed E-state index contributed by atoms with van der Waals surface area (Å²) in [6.45, 7) is 10.7. The molecule has 1 saturated carbocycles. The number of aliphatic hydroxyl groups excluding tert-OH is 3. The fourth-order valence-corrected chi connectivity index (χ4v) is 10.1. The number of ether oxygens (including phenoxy) is 6. The van der Waals surface area contributed by atoms with Gasteiger partial charge in [-0.05, 0) is 111 Å². The second kappa shape index (κ2) is 25.5. The predicted molar refractivity (Wildman–Crippen MR) is 270 cm³/mol. The molecule has 2 aliphatic carbocycles. The number of rotatable bonds is 26. The molecule has 4 aromatic rings. The van der Waals surface area contributed by atoms with Gasteiger partial charge in [0.25, 0.3) is 0 Å². The van der Waals surface area contributed by atoms with Crippen LogP contribution in [0.2, 0.25) is 0 Å². The van der Waals surface area contributed by atoms with Crippen LogP contribution in [-0.2, 0) is 30.4 Å². The molecule has 13 heteroatoms. The van der Waals surface area contributed by atoms with Gasteiger partial charge in [-0.2, -0.15) is 0 Å². The average Bonchev–Trinajstić information content (AvgIpc) is 3.37. The highest BCUT2D eigenvalue weighted by Gasteiger charge is 2.65. The minimum Gasteiger partial charge on any atom is -0.459 e. The molecular weight excluding hydrogens is 889 g/mol. The second-order valence-electron chi connectivity index (χ2n) is 19.2. The number of carbonyl (C=O) groups excluding carboxylic acids is 1. The summed E-state index contributed by atoms with van der Waals surface area (Å²) in [5.74, 6) is -0.374. The lowest BCUT2D eigenvalue weighted by atomic mass is 9.55. The maximum atomic E-state index is 14.8. The Kier molecular flexibility index (Phi) is 19.1. The summed E-state index contributed by atoms with van der Waals surface area (Å²) in [4.78, 5) is 22.7. The number of nitrogens with zero attached hydrogens (tertiary/aromatic N) is 2. The fraction of sp³-hybridized carbons (Fsp3) is 0.474. The third kappa shape index (κ3) is 13.2. The summed E-state index contributed by atoms with van der Waals surface area (Å²) in [7, 11) is 0. The van der Waals surface area contributed by atoms with Crippen LogP contribution in [-0.4, -0.2) is 109 Å². The van der Waals surface area contributed by atoms with Crippen molar-refractivity contribution in [2.24, 2.45) is 22.9 Å². The van der Waals surface area contributed by atoms with Crippen molar-refractivity contribution in [3.63, 3.8) is 0 Å². The minimum absolute atomic E-state index is 0.00680. The first-order valence-electron chi connectivity index (χ1n) is 24.9. The fourth-order valence-electron chi connectivity index (χ4n) is 10.1. The van der Waals surface area contributed by atoms with Gasteiger partial charge in [0, 0.05) is 37.7 Å². The number of benzene rings is 4. The SMILES string of the molecule is C=CCO[C@@]12Oc3ccc(Oc4ccc(-c5ccccc5)cc4)cc3[C@H]3[C@H](CCCCO)[C@@H](CCCCO)C=C(C(=NOC(C)(C)C)C[C@@H]1N(CCOCCO)C(=O)OCCOCc1ccccc1)[C@H]32. The maximum Gasteiger partial charge on any atom is 0.410 e. The van der Waals surface area contributed by atoms with E-state index in [0.717, 1.165) is 53.5 Å². The molecule has 6 atom stereocenters. The summed E-state index contributed by atoms with van der Waals surface area (Å²) in [5.41, 5.74) is 5.06. The number of aliphatic hydroxyl groups is 3.